The molecule has 0 fully saturated rings. The van der Waals surface area contributed by atoms with Crippen LogP contribution in [0, 0.1) is 6.92 Å². The van der Waals surface area contributed by atoms with Crippen LogP contribution in [-0.2, 0) is 17.6 Å². The number of fused-ring (bicyclic) bond motifs is 1. The molecule has 0 bridgehead atoms. The van der Waals surface area contributed by atoms with Crippen LogP contribution in [0.2, 0.25) is 0 Å². The Morgan fingerprint density at radius 2 is 2.05 bits per heavy atom. The summed E-state index contributed by atoms with van der Waals surface area (Å²) in [5.74, 6) is 0.156. The molecule has 0 heterocycles. The van der Waals surface area contributed by atoms with Gasteiger partial charge in [0.1, 0.15) is 0 Å². The lowest BCUT2D eigenvalue weighted by Crippen LogP contribution is -2.31. The van der Waals surface area contributed by atoms with Crippen molar-refractivity contribution in [2.75, 3.05) is 0 Å². The van der Waals surface area contributed by atoms with Crippen LogP contribution >= 0.6 is 0 Å². The van der Waals surface area contributed by atoms with E-state index in [-0.39, 0.29) is 11.9 Å². The third-order valence-corrected chi connectivity index (χ3v) is 4.43. The summed E-state index contributed by atoms with van der Waals surface area (Å²) < 4.78 is 0. The topological polar surface area (TPSA) is 29.1 Å². The van der Waals surface area contributed by atoms with Gasteiger partial charge in [-0.3, -0.25) is 4.79 Å². The second kappa shape index (κ2) is 6.78. The number of rotatable bonds is 4. The van der Waals surface area contributed by atoms with Gasteiger partial charge in [0.25, 0.3) is 0 Å². The number of hydrogen-bond acceptors (Lipinski definition) is 1. The Kier molecular flexibility index (Phi) is 4.57. The molecule has 3 rings (SSSR count). The van der Waals surface area contributed by atoms with E-state index in [0.717, 1.165) is 25.7 Å². The van der Waals surface area contributed by atoms with E-state index in [2.05, 4.69) is 60.8 Å². The average Bonchev–Trinajstić information content (AvgIpc) is 2.53. The molecule has 1 amide bonds. The molecule has 0 saturated carbocycles. The molecular formula is C20H23NO. The Morgan fingerprint density at radius 1 is 1.18 bits per heavy atom. The summed E-state index contributed by atoms with van der Waals surface area (Å²) in [7, 11) is 0. The van der Waals surface area contributed by atoms with Crippen molar-refractivity contribution in [3.63, 3.8) is 0 Å². The fourth-order valence-corrected chi connectivity index (χ4v) is 3.30. The zero-order valence-corrected chi connectivity index (χ0v) is 13.1. The molecule has 2 heteroatoms. The molecule has 1 atom stereocenters. The normalized spacial score (nSPS) is 16.9. The monoisotopic (exact) mass is 293 g/mol. The summed E-state index contributed by atoms with van der Waals surface area (Å²) in [6.07, 6.45) is 4.70. The van der Waals surface area contributed by atoms with Crippen molar-refractivity contribution in [3.05, 3.63) is 70.8 Å². The molecule has 0 spiro atoms. The number of amides is 1. The molecule has 2 aromatic rings. The largest absolute Gasteiger partial charge is 0.349 e. The van der Waals surface area contributed by atoms with Gasteiger partial charge in [0.2, 0.25) is 5.91 Å². The van der Waals surface area contributed by atoms with E-state index in [4.69, 9.17) is 0 Å². The number of carbonyl (C=O) groups is 1. The number of benzene rings is 2. The minimum atomic E-state index is 0.156. The molecule has 0 saturated heterocycles. The first-order valence-electron chi connectivity index (χ1n) is 8.15. The van der Waals surface area contributed by atoms with Gasteiger partial charge in [0.05, 0.1) is 6.04 Å². The fourth-order valence-electron chi connectivity index (χ4n) is 3.30. The predicted octanol–water partition coefficient (Wildman–Crippen LogP) is 4.12. The maximum Gasteiger partial charge on any atom is 0.220 e. The van der Waals surface area contributed by atoms with E-state index >= 15 is 0 Å². The molecule has 114 valence electrons. The third-order valence-electron chi connectivity index (χ3n) is 4.43. The lowest BCUT2D eigenvalue weighted by molar-refractivity contribution is -0.121. The van der Waals surface area contributed by atoms with Crippen molar-refractivity contribution < 1.29 is 4.79 Å². The lowest BCUT2D eigenvalue weighted by atomic mass is 9.87. The molecule has 0 aliphatic heterocycles. The van der Waals surface area contributed by atoms with Gasteiger partial charge >= 0.3 is 0 Å². The number of aryl methyl sites for hydroxylation is 3. The Morgan fingerprint density at radius 3 is 2.91 bits per heavy atom. The highest BCUT2D eigenvalue weighted by Crippen LogP contribution is 2.29. The summed E-state index contributed by atoms with van der Waals surface area (Å²) in [4.78, 5) is 12.3. The first-order valence-corrected chi connectivity index (χ1v) is 8.15. The van der Waals surface area contributed by atoms with Gasteiger partial charge in [-0.05, 0) is 49.3 Å². The van der Waals surface area contributed by atoms with Gasteiger partial charge in [0.15, 0.2) is 0 Å². The Labute approximate surface area is 132 Å². The summed E-state index contributed by atoms with van der Waals surface area (Å²) in [6.45, 7) is 2.09. The van der Waals surface area contributed by atoms with Crippen LogP contribution in [0.25, 0.3) is 0 Å². The van der Waals surface area contributed by atoms with Crippen LogP contribution in [0.1, 0.15) is 47.6 Å². The lowest BCUT2D eigenvalue weighted by Gasteiger charge is -2.26. The van der Waals surface area contributed by atoms with E-state index in [0.29, 0.717) is 6.42 Å². The van der Waals surface area contributed by atoms with E-state index in [9.17, 15) is 4.79 Å². The molecule has 22 heavy (non-hydrogen) atoms. The molecule has 1 aliphatic carbocycles. The highest BCUT2D eigenvalue weighted by Gasteiger charge is 2.20. The first kappa shape index (κ1) is 14.8. The maximum absolute atomic E-state index is 12.3. The van der Waals surface area contributed by atoms with Crippen molar-refractivity contribution >= 4 is 5.91 Å². The van der Waals surface area contributed by atoms with Crippen molar-refractivity contribution in [2.45, 2.75) is 45.1 Å². The van der Waals surface area contributed by atoms with Gasteiger partial charge in [-0.1, -0.05) is 54.1 Å². The second-order valence-corrected chi connectivity index (χ2v) is 6.20. The Bertz CT molecular complexity index is 662. The highest BCUT2D eigenvalue weighted by molar-refractivity contribution is 5.76. The molecule has 1 N–H and O–H groups in total. The van der Waals surface area contributed by atoms with Gasteiger partial charge in [-0.25, -0.2) is 0 Å². The van der Waals surface area contributed by atoms with Crippen LogP contribution in [-0.4, -0.2) is 5.91 Å². The summed E-state index contributed by atoms with van der Waals surface area (Å²) in [5, 5.41) is 3.22. The summed E-state index contributed by atoms with van der Waals surface area (Å²) in [6, 6.07) is 17.1. The minimum absolute atomic E-state index is 0.156. The first-order chi connectivity index (χ1) is 10.7. The number of hydrogen-bond donors (Lipinski definition) is 1. The third kappa shape index (κ3) is 3.56. The van der Waals surface area contributed by atoms with Crippen molar-refractivity contribution in [1.82, 2.24) is 5.32 Å². The summed E-state index contributed by atoms with van der Waals surface area (Å²) >= 11 is 0. The average molecular weight is 293 g/mol. The number of nitrogens with one attached hydrogen (secondary N) is 1. The smallest absolute Gasteiger partial charge is 0.220 e. The van der Waals surface area contributed by atoms with Crippen LogP contribution in [0.15, 0.2) is 48.5 Å². The van der Waals surface area contributed by atoms with Gasteiger partial charge in [-0.15, -0.1) is 0 Å². The molecular weight excluding hydrogens is 270 g/mol. The van der Waals surface area contributed by atoms with Crippen molar-refractivity contribution in [2.24, 2.45) is 0 Å². The molecule has 1 unspecified atom stereocenters. The SMILES string of the molecule is Cc1cccc(CCC(=O)NC2CCCc3ccccc32)c1. The van der Waals surface area contributed by atoms with Gasteiger partial charge < -0.3 is 5.32 Å². The highest BCUT2D eigenvalue weighted by atomic mass is 16.1. The van der Waals surface area contributed by atoms with Gasteiger partial charge in [-0.2, -0.15) is 0 Å². The zero-order valence-electron chi connectivity index (χ0n) is 13.1. The summed E-state index contributed by atoms with van der Waals surface area (Å²) in [5.41, 5.74) is 5.17. The van der Waals surface area contributed by atoms with E-state index in [1.54, 1.807) is 0 Å². The van der Waals surface area contributed by atoms with E-state index in [1.807, 2.05) is 0 Å². The molecule has 2 nitrogen and oxygen atoms in total. The van der Waals surface area contributed by atoms with Crippen LogP contribution in [0.4, 0.5) is 0 Å². The van der Waals surface area contributed by atoms with E-state index < -0.39 is 0 Å². The molecule has 2 aromatic carbocycles. The Hall–Kier alpha value is -2.09. The standard InChI is InChI=1S/C20H23NO/c1-15-6-4-7-16(14-15)12-13-20(22)21-19-11-5-9-17-8-2-3-10-18(17)19/h2-4,6-8,10,14,19H,5,9,11-13H2,1H3,(H,21,22). The van der Waals surface area contributed by atoms with Crippen molar-refractivity contribution in [1.29, 1.82) is 0 Å². The van der Waals surface area contributed by atoms with E-state index in [1.165, 1.54) is 22.3 Å². The molecule has 0 radical (unpaired) electrons. The molecule has 1 aliphatic rings. The quantitative estimate of drug-likeness (QED) is 0.902. The van der Waals surface area contributed by atoms with Crippen LogP contribution in [0.3, 0.4) is 0 Å². The van der Waals surface area contributed by atoms with Crippen LogP contribution < -0.4 is 5.32 Å². The fraction of sp³-hybridized carbons (Fsp3) is 0.350. The van der Waals surface area contributed by atoms with Crippen LogP contribution in [0.5, 0.6) is 0 Å². The minimum Gasteiger partial charge on any atom is -0.349 e. The maximum atomic E-state index is 12.3. The predicted molar refractivity (Wildman–Crippen MR) is 89.8 cm³/mol. The van der Waals surface area contributed by atoms with Gasteiger partial charge in [0, 0.05) is 6.42 Å². The zero-order chi connectivity index (χ0) is 15.4. The molecule has 0 aromatic heterocycles. The number of carbonyl (C=O) groups excluding carboxylic acids is 1. The Balaban J connectivity index is 1.59. The van der Waals surface area contributed by atoms with Crippen molar-refractivity contribution in [3.8, 4) is 0 Å². The second-order valence-electron chi connectivity index (χ2n) is 6.20.